The van der Waals surface area contributed by atoms with E-state index in [9.17, 15) is 20.0 Å². The maximum absolute atomic E-state index is 12.8. The molecular formula is C19H15N5O4S. The number of hydrogen-bond donors (Lipinski definition) is 0. The average molecular weight is 409 g/mol. The summed E-state index contributed by atoms with van der Waals surface area (Å²) >= 11 is 1.20. The van der Waals surface area contributed by atoms with Crippen molar-refractivity contribution in [2.24, 2.45) is 0 Å². The van der Waals surface area contributed by atoms with Crippen molar-refractivity contribution in [3.8, 4) is 17.1 Å². The van der Waals surface area contributed by atoms with Crippen molar-refractivity contribution in [3.05, 3.63) is 64.2 Å². The number of carbonyl (C=O) groups excluding carboxylic acids is 1. The largest absolute Gasteiger partial charge is 0.854 e. The van der Waals surface area contributed by atoms with E-state index in [0.29, 0.717) is 16.8 Å². The van der Waals surface area contributed by atoms with Gasteiger partial charge in [0.1, 0.15) is 0 Å². The van der Waals surface area contributed by atoms with Crippen LogP contribution in [0.5, 0.6) is 5.88 Å². The van der Waals surface area contributed by atoms with Crippen LogP contribution in [-0.4, -0.2) is 27.2 Å². The molecule has 1 amide bonds. The highest BCUT2D eigenvalue weighted by Gasteiger charge is 2.44. The van der Waals surface area contributed by atoms with E-state index in [4.69, 9.17) is 0 Å². The minimum Gasteiger partial charge on any atom is -0.854 e. The van der Waals surface area contributed by atoms with Gasteiger partial charge in [-0.1, -0.05) is 34.6 Å². The predicted octanol–water partition coefficient (Wildman–Crippen LogP) is 2.05. The summed E-state index contributed by atoms with van der Waals surface area (Å²) in [4.78, 5) is 28.9. The van der Waals surface area contributed by atoms with Crippen molar-refractivity contribution in [1.29, 1.82) is 0 Å². The number of thioether (sulfide) groups is 1. The number of non-ortho nitro benzene ring substituents is 1. The van der Waals surface area contributed by atoms with Gasteiger partial charge in [0.05, 0.1) is 27.6 Å². The quantitative estimate of drug-likeness (QED) is 0.281. The smallest absolute Gasteiger partial charge is 0.293 e. The number of nitro benzene ring substituents is 1. The van der Waals surface area contributed by atoms with Crippen molar-refractivity contribution < 1.29 is 19.5 Å². The summed E-state index contributed by atoms with van der Waals surface area (Å²) < 4.78 is 1.43. The molecule has 0 fully saturated rings. The number of aromatic nitrogens is 3. The van der Waals surface area contributed by atoms with Gasteiger partial charge in [-0.25, -0.2) is 9.88 Å². The van der Waals surface area contributed by atoms with Gasteiger partial charge in [0.25, 0.3) is 22.7 Å². The van der Waals surface area contributed by atoms with Gasteiger partial charge < -0.3 is 5.11 Å². The number of fused-ring (bicyclic) bond motifs is 3. The molecule has 0 saturated carbocycles. The Labute approximate surface area is 169 Å². The molecule has 0 saturated heterocycles. The predicted molar refractivity (Wildman–Crippen MR) is 103 cm³/mol. The molecule has 29 heavy (non-hydrogen) atoms. The number of hydrogen-bond acceptors (Lipinski definition) is 7. The lowest BCUT2D eigenvalue weighted by Gasteiger charge is -2.32. The molecule has 4 rings (SSSR count). The first-order chi connectivity index (χ1) is 13.9. The third-order valence-corrected chi connectivity index (χ3v) is 5.16. The van der Waals surface area contributed by atoms with E-state index in [0.717, 1.165) is 0 Å². The van der Waals surface area contributed by atoms with Gasteiger partial charge in [-0.15, -0.1) is 0 Å². The number of nitro groups is 1. The molecule has 1 aliphatic heterocycles. The van der Waals surface area contributed by atoms with E-state index in [-0.39, 0.29) is 22.4 Å². The number of nitrogens with zero attached hydrogens (tertiary/aromatic N) is 5. The zero-order valence-corrected chi connectivity index (χ0v) is 16.3. The van der Waals surface area contributed by atoms with Crippen molar-refractivity contribution in [3.63, 3.8) is 0 Å². The van der Waals surface area contributed by atoms with Crippen LogP contribution in [0.3, 0.4) is 0 Å². The highest BCUT2D eigenvalue weighted by molar-refractivity contribution is 7.98. The SMILES string of the molecule is CSc1nc([O-])c2[n+](n1)C(c1cccc([N+](=O)[O-])c1)N(C(C)=O)c1ccccc1-2. The van der Waals surface area contributed by atoms with Gasteiger partial charge in [0.15, 0.2) is 0 Å². The Kier molecular flexibility index (Phi) is 4.63. The summed E-state index contributed by atoms with van der Waals surface area (Å²) in [5.74, 6) is -0.765. The van der Waals surface area contributed by atoms with Crippen LogP contribution in [0, 0.1) is 10.1 Å². The third-order valence-electron chi connectivity index (χ3n) is 4.62. The van der Waals surface area contributed by atoms with Crippen molar-refractivity contribution in [2.45, 2.75) is 18.2 Å². The first-order valence-electron chi connectivity index (χ1n) is 8.60. The monoisotopic (exact) mass is 409 g/mol. The highest BCUT2D eigenvalue weighted by atomic mass is 32.2. The molecule has 1 atom stereocenters. The Balaban J connectivity index is 2.07. The molecule has 0 radical (unpaired) electrons. The van der Waals surface area contributed by atoms with Crippen LogP contribution in [0.25, 0.3) is 11.3 Å². The molecule has 2 aromatic carbocycles. The first kappa shape index (κ1) is 18.8. The molecule has 0 N–H and O–H groups in total. The Bertz CT molecular complexity index is 1150. The Hall–Kier alpha value is -3.53. The molecule has 1 unspecified atom stereocenters. The van der Waals surface area contributed by atoms with Crippen LogP contribution >= 0.6 is 11.8 Å². The van der Waals surface area contributed by atoms with E-state index >= 15 is 0 Å². The van der Waals surface area contributed by atoms with Crippen LogP contribution in [0.1, 0.15) is 18.7 Å². The van der Waals surface area contributed by atoms with Crippen LogP contribution in [-0.2, 0) is 4.79 Å². The second-order valence-corrected chi connectivity index (χ2v) is 7.10. The lowest BCUT2D eigenvalue weighted by Crippen LogP contribution is -2.58. The van der Waals surface area contributed by atoms with Crippen LogP contribution in [0.2, 0.25) is 0 Å². The zero-order valence-electron chi connectivity index (χ0n) is 15.5. The fourth-order valence-corrected chi connectivity index (χ4v) is 3.80. The van der Waals surface area contributed by atoms with Gasteiger partial charge in [0, 0.05) is 24.2 Å². The summed E-state index contributed by atoms with van der Waals surface area (Å²) in [5, 5.41) is 28.8. The number of amides is 1. The lowest BCUT2D eigenvalue weighted by atomic mass is 10.0. The summed E-state index contributed by atoms with van der Waals surface area (Å²) in [6.07, 6.45) is 0.878. The van der Waals surface area contributed by atoms with E-state index < -0.39 is 17.0 Å². The standard InChI is InChI=1S/C19H15N5O4S/c1-11(25)22-15-9-4-3-8-14(15)16-17(26)20-19(29-2)21-23(16)18(22)12-6-5-7-13(10-12)24(27)28/h3-10,18H,1-2H3. The molecule has 9 nitrogen and oxygen atoms in total. The molecule has 10 heteroatoms. The fraction of sp³-hybridized carbons (Fsp3) is 0.158. The molecule has 0 aliphatic carbocycles. The molecule has 146 valence electrons. The maximum atomic E-state index is 12.8. The molecule has 1 aliphatic rings. The van der Waals surface area contributed by atoms with Crippen LogP contribution in [0.15, 0.2) is 53.7 Å². The number of anilines is 1. The van der Waals surface area contributed by atoms with Crippen molar-refractivity contribution >= 4 is 29.0 Å². The summed E-state index contributed by atoms with van der Waals surface area (Å²) in [6, 6.07) is 12.9. The Morgan fingerprint density at radius 3 is 2.69 bits per heavy atom. The highest BCUT2D eigenvalue weighted by Crippen LogP contribution is 2.41. The molecular weight excluding hydrogens is 394 g/mol. The number of para-hydroxylation sites is 1. The van der Waals surface area contributed by atoms with Gasteiger partial charge in [0.2, 0.25) is 5.91 Å². The molecule has 1 aromatic heterocycles. The molecule has 0 spiro atoms. The normalized spacial score (nSPS) is 14.8. The topological polar surface area (TPSA) is 116 Å². The minimum absolute atomic E-state index is 0.117. The van der Waals surface area contributed by atoms with Gasteiger partial charge >= 0.3 is 0 Å². The summed E-state index contributed by atoms with van der Waals surface area (Å²) in [5.41, 5.74) is 1.62. The zero-order chi connectivity index (χ0) is 20.7. The Morgan fingerprint density at radius 2 is 2.00 bits per heavy atom. The summed E-state index contributed by atoms with van der Waals surface area (Å²) in [6.45, 7) is 1.40. The van der Waals surface area contributed by atoms with Gasteiger partial charge in [-0.2, -0.15) is 0 Å². The van der Waals surface area contributed by atoms with Crippen LogP contribution < -0.4 is 14.7 Å². The maximum Gasteiger partial charge on any atom is 0.293 e. The van der Waals surface area contributed by atoms with Crippen molar-refractivity contribution in [2.75, 3.05) is 11.2 Å². The Morgan fingerprint density at radius 1 is 1.24 bits per heavy atom. The molecule has 3 aromatic rings. The van der Waals surface area contributed by atoms with E-state index in [1.165, 1.54) is 40.4 Å². The van der Waals surface area contributed by atoms with Gasteiger partial charge in [-0.05, 0) is 24.5 Å². The first-order valence-corrected chi connectivity index (χ1v) is 9.83. The van der Waals surface area contributed by atoms with Crippen LogP contribution in [0.4, 0.5) is 11.4 Å². The van der Waals surface area contributed by atoms with E-state index in [1.807, 2.05) is 0 Å². The van der Waals surface area contributed by atoms with E-state index in [2.05, 4.69) is 10.1 Å². The second-order valence-electron chi connectivity index (χ2n) is 6.33. The second kappa shape index (κ2) is 7.13. The lowest BCUT2D eigenvalue weighted by molar-refractivity contribution is -0.764. The minimum atomic E-state index is -0.862. The fourth-order valence-electron chi connectivity index (χ4n) is 3.46. The average Bonchev–Trinajstić information content (AvgIpc) is 2.72. The number of carbonyl (C=O) groups is 1. The van der Waals surface area contributed by atoms with Crippen molar-refractivity contribution in [1.82, 2.24) is 10.1 Å². The summed E-state index contributed by atoms with van der Waals surface area (Å²) in [7, 11) is 0. The van der Waals surface area contributed by atoms with E-state index in [1.54, 1.807) is 42.7 Å². The number of benzene rings is 2. The number of rotatable bonds is 3. The third kappa shape index (κ3) is 3.07. The molecule has 0 bridgehead atoms. The molecule has 2 heterocycles. The van der Waals surface area contributed by atoms with Gasteiger partial charge in [-0.3, -0.25) is 14.9 Å².